The Kier molecular flexibility index (Phi) is 6.94. The molecule has 0 saturated heterocycles. The predicted octanol–water partition coefficient (Wildman–Crippen LogP) is 4.93. The minimum atomic E-state index is -1.52. The molecule has 0 saturated carbocycles. The Labute approximate surface area is 171 Å². The molecule has 0 aliphatic carbocycles. The minimum absolute atomic E-state index is 0.564. The van der Waals surface area contributed by atoms with Gasteiger partial charge >= 0.3 is 0 Å². The molecule has 3 rings (SSSR count). The molecule has 3 nitrogen and oxygen atoms in total. The molecular formula is C23H24O3S2. The number of methoxy groups -OCH3 is 1. The van der Waals surface area contributed by atoms with E-state index in [2.05, 4.69) is 0 Å². The number of aryl methyl sites for hydroxylation is 2. The second kappa shape index (κ2) is 9.41. The summed E-state index contributed by atoms with van der Waals surface area (Å²) in [5.41, 5.74) is 3.03. The molecule has 0 bridgehead atoms. The van der Waals surface area contributed by atoms with Crippen molar-refractivity contribution in [3.63, 3.8) is 0 Å². The Morgan fingerprint density at radius 3 is 1.50 bits per heavy atom. The zero-order valence-electron chi connectivity index (χ0n) is 16.2. The van der Waals surface area contributed by atoms with Crippen LogP contribution >= 0.6 is 0 Å². The zero-order chi connectivity index (χ0) is 20.1. The van der Waals surface area contributed by atoms with Crippen LogP contribution in [0.3, 0.4) is 0 Å². The van der Waals surface area contributed by atoms with E-state index in [9.17, 15) is 8.42 Å². The summed E-state index contributed by atoms with van der Waals surface area (Å²) in [7, 11) is -1.47. The molecule has 0 N–H and O–H groups in total. The van der Waals surface area contributed by atoms with Crippen molar-refractivity contribution >= 4 is 21.6 Å². The van der Waals surface area contributed by atoms with Crippen molar-refractivity contribution in [2.45, 2.75) is 34.3 Å². The fourth-order valence-corrected chi connectivity index (χ4v) is 6.60. The van der Waals surface area contributed by atoms with Crippen molar-refractivity contribution < 1.29 is 13.2 Å². The van der Waals surface area contributed by atoms with Crippen LogP contribution < -0.4 is 0 Å². The van der Waals surface area contributed by atoms with Gasteiger partial charge in [-0.3, -0.25) is 8.42 Å². The summed E-state index contributed by atoms with van der Waals surface area (Å²) in [4.78, 5) is 1.29. The number of hydrogen-bond donors (Lipinski definition) is 0. The molecule has 0 spiro atoms. The van der Waals surface area contributed by atoms with E-state index in [0.29, 0.717) is 9.79 Å². The lowest BCUT2D eigenvalue weighted by Crippen LogP contribution is -2.30. The van der Waals surface area contributed by atoms with E-state index in [-0.39, 0.29) is 0 Å². The van der Waals surface area contributed by atoms with Gasteiger partial charge in [0.1, 0.15) is 10.7 Å². The van der Waals surface area contributed by atoms with Crippen molar-refractivity contribution in [3.8, 4) is 0 Å². The Morgan fingerprint density at radius 1 is 0.679 bits per heavy atom. The van der Waals surface area contributed by atoms with Crippen LogP contribution in [0.25, 0.3) is 0 Å². The molecule has 0 aliphatic rings. The molecular weight excluding hydrogens is 388 g/mol. The van der Waals surface area contributed by atoms with Crippen molar-refractivity contribution in [2.75, 3.05) is 7.11 Å². The first-order valence-electron chi connectivity index (χ1n) is 9.03. The summed E-state index contributed by atoms with van der Waals surface area (Å²) < 4.78 is 32.1. The van der Waals surface area contributed by atoms with Gasteiger partial charge in [0.25, 0.3) is 0 Å². The van der Waals surface area contributed by atoms with E-state index in [0.717, 1.165) is 16.7 Å². The maximum Gasteiger partial charge on any atom is 0.149 e. The largest absolute Gasteiger partial charge is 0.374 e. The molecule has 2 unspecified atom stereocenters. The van der Waals surface area contributed by atoms with Gasteiger partial charge in [0.15, 0.2) is 0 Å². The van der Waals surface area contributed by atoms with Gasteiger partial charge in [0.05, 0.1) is 21.6 Å². The topological polar surface area (TPSA) is 43.4 Å². The third kappa shape index (κ3) is 4.66. The Morgan fingerprint density at radius 2 is 1.11 bits per heavy atom. The molecule has 5 heteroatoms. The number of ether oxygens (including phenoxy) is 1. The molecule has 0 radical (unpaired) electrons. The average Bonchev–Trinajstić information content (AvgIpc) is 2.72. The van der Waals surface area contributed by atoms with E-state index in [1.165, 1.54) is 0 Å². The molecule has 28 heavy (non-hydrogen) atoms. The van der Waals surface area contributed by atoms with Gasteiger partial charge in [-0.1, -0.05) is 65.7 Å². The lowest BCUT2D eigenvalue weighted by Gasteiger charge is -2.25. The summed E-state index contributed by atoms with van der Waals surface area (Å²) in [6.45, 7) is 3.97. The molecule has 146 valence electrons. The molecule has 0 amide bonds. The Hall–Kier alpha value is -2.08. The van der Waals surface area contributed by atoms with Crippen molar-refractivity contribution in [1.29, 1.82) is 0 Å². The average molecular weight is 413 g/mol. The summed E-state index contributed by atoms with van der Waals surface area (Å²) in [5.74, 6) is 0. The number of hydrogen-bond acceptors (Lipinski definition) is 3. The fraction of sp³-hybridized carbons (Fsp3) is 0.217. The number of benzene rings is 3. The highest BCUT2D eigenvalue weighted by molar-refractivity contribution is 8.03. The first kappa shape index (κ1) is 20.6. The van der Waals surface area contributed by atoms with Crippen LogP contribution in [0.1, 0.15) is 22.8 Å². The van der Waals surface area contributed by atoms with Crippen LogP contribution in [0.4, 0.5) is 0 Å². The normalized spacial score (nSPS) is 15.5. The maximum atomic E-state index is 13.5. The van der Waals surface area contributed by atoms with Crippen LogP contribution in [-0.2, 0) is 26.3 Å². The van der Waals surface area contributed by atoms with E-state index >= 15 is 0 Å². The van der Waals surface area contributed by atoms with Crippen LogP contribution in [0.15, 0.2) is 88.7 Å². The lowest BCUT2D eigenvalue weighted by molar-refractivity contribution is 0.115. The molecule has 0 aromatic heterocycles. The maximum absolute atomic E-state index is 13.5. The van der Waals surface area contributed by atoms with Gasteiger partial charge in [-0.15, -0.1) is 0 Å². The monoisotopic (exact) mass is 412 g/mol. The number of rotatable bonds is 7. The third-order valence-electron chi connectivity index (χ3n) is 4.56. The summed E-state index contributed by atoms with van der Waals surface area (Å²) >= 11 is 0. The summed E-state index contributed by atoms with van der Waals surface area (Å²) in [5, 5.41) is 0. The lowest BCUT2D eigenvalue weighted by atomic mass is 10.1. The molecule has 0 fully saturated rings. The zero-order valence-corrected chi connectivity index (χ0v) is 17.8. The quantitative estimate of drug-likeness (QED) is 0.552. The van der Waals surface area contributed by atoms with Crippen molar-refractivity contribution in [2.24, 2.45) is 0 Å². The first-order chi connectivity index (χ1) is 13.5. The first-order valence-corrected chi connectivity index (χ1v) is 11.5. The van der Waals surface area contributed by atoms with E-state index < -0.39 is 32.3 Å². The van der Waals surface area contributed by atoms with Crippen LogP contribution in [0.2, 0.25) is 0 Å². The van der Waals surface area contributed by atoms with Crippen LogP contribution in [0.5, 0.6) is 0 Å². The second-order valence-electron chi connectivity index (χ2n) is 6.66. The van der Waals surface area contributed by atoms with Gasteiger partial charge < -0.3 is 4.74 Å². The van der Waals surface area contributed by atoms with Gasteiger partial charge in [-0.05, 0) is 43.7 Å². The Balaban J connectivity index is 2.06. The fourth-order valence-electron chi connectivity index (χ4n) is 2.96. The van der Waals surface area contributed by atoms with Crippen LogP contribution in [-0.4, -0.2) is 20.1 Å². The van der Waals surface area contributed by atoms with Gasteiger partial charge in [0, 0.05) is 16.9 Å². The van der Waals surface area contributed by atoms with Crippen molar-refractivity contribution in [3.05, 3.63) is 95.6 Å². The highest BCUT2D eigenvalue weighted by Crippen LogP contribution is 2.32. The SMILES string of the molecule is CO[C@@H](c1ccccc1)C(S(=O)c1ccc(C)cc1)S(=O)c1ccc(C)cc1. The standard InChI is InChI=1S/C23H24O3S2/c1-17-9-13-20(14-10-17)27(24)23(22(26-3)19-7-5-4-6-8-19)28(25)21-15-11-18(2)12-16-21/h4-16,22-23H,1-3H3/t22-,23?,27?,28?/m0/s1. The van der Waals surface area contributed by atoms with Crippen LogP contribution in [0, 0.1) is 13.8 Å². The van der Waals surface area contributed by atoms with Gasteiger partial charge in [-0.2, -0.15) is 0 Å². The third-order valence-corrected chi connectivity index (χ3v) is 8.42. The van der Waals surface area contributed by atoms with Gasteiger partial charge in [0.2, 0.25) is 0 Å². The smallest absolute Gasteiger partial charge is 0.149 e. The van der Waals surface area contributed by atoms with E-state index in [1.807, 2.05) is 92.7 Å². The minimum Gasteiger partial charge on any atom is -0.374 e. The van der Waals surface area contributed by atoms with E-state index in [4.69, 9.17) is 4.74 Å². The Bertz CT molecular complexity index is 894. The summed E-state index contributed by atoms with van der Waals surface area (Å²) in [6.07, 6.45) is -0.564. The molecule has 3 atom stereocenters. The molecule has 3 aromatic rings. The highest BCUT2D eigenvalue weighted by Gasteiger charge is 2.35. The molecule has 0 aliphatic heterocycles. The molecule has 3 aromatic carbocycles. The summed E-state index contributed by atoms with van der Waals surface area (Å²) in [6, 6.07) is 24.6. The molecule has 0 heterocycles. The van der Waals surface area contributed by atoms with E-state index in [1.54, 1.807) is 7.11 Å². The van der Waals surface area contributed by atoms with Gasteiger partial charge in [-0.25, -0.2) is 0 Å². The predicted molar refractivity (Wildman–Crippen MR) is 115 cm³/mol. The van der Waals surface area contributed by atoms with Crippen molar-refractivity contribution in [1.82, 2.24) is 0 Å². The second-order valence-corrected chi connectivity index (χ2v) is 10.1. The highest BCUT2D eigenvalue weighted by atomic mass is 32.2.